The highest BCUT2D eigenvalue weighted by molar-refractivity contribution is 6.30. The Morgan fingerprint density at radius 1 is 1.38 bits per heavy atom. The summed E-state index contributed by atoms with van der Waals surface area (Å²) in [5, 5.41) is 9.44. The number of H-pyrrole nitrogens is 1. The smallest absolute Gasteiger partial charge is 0.144 e. The number of hydrogen-bond acceptors (Lipinski definition) is 5. The van der Waals surface area contributed by atoms with Gasteiger partial charge in [0.05, 0.1) is 11.6 Å². The van der Waals surface area contributed by atoms with Gasteiger partial charge in [-0.2, -0.15) is 0 Å². The van der Waals surface area contributed by atoms with Crippen LogP contribution < -0.4 is 4.90 Å². The molecule has 1 N–H and O–H groups in total. The van der Waals surface area contributed by atoms with Crippen molar-refractivity contribution in [3.63, 3.8) is 0 Å². The molecular formula is C13H14ClN7. The highest BCUT2D eigenvalue weighted by Crippen LogP contribution is 2.30. The second kappa shape index (κ2) is 5.00. The Balaban J connectivity index is 1.56. The molecule has 1 atom stereocenters. The first-order valence-electron chi connectivity index (χ1n) is 6.88. The van der Waals surface area contributed by atoms with Gasteiger partial charge in [-0.1, -0.05) is 16.8 Å². The molecule has 4 rings (SSSR count). The fraction of sp³-hybridized carbons (Fsp3) is 0.385. The Hall–Kier alpha value is -2.15. The van der Waals surface area contributed by atoms with E-state index in [9.17, 15) is 0 Å². The zero-order chi connectivity index (χ0) is 14.2. The third-order valence-corrected chi connectivity index (χ3v) is 4.08. The summed E-state index contributed by atoms with van der Waals surface area (Å²) >= 11 is 6.02. The monoisotopic (exact) mass is 303 g/mol. The van der Waals surface area contributed by atoms with Gasteiger partial charge in [0, 0.05) is 25.8 Å². The molecule has 1 fully saturated rings. The number of nitrogens with zero attached hydrogens (tertiary/aromatic N) is 6. The summed E-state index contributed by atoms with van der Waals surface area (Å²) in [6, 6.07) is 1.89. The van der Waals surface area contributed by atoms with Crippen molar-refractivity contribution < 1.29 is 0 Å². The normalized spacial score (nSPS) is 18.7. The number of hydrogen-bond donors (Lipinski definition) is 1. The average Bonchev–Trinajstić information content (AvgIpc) is 3.18. The number of aromatic nitrogens is 6. The molecule has 1 aliphatic heterocycles. The lowest BCUT2D eigenvalue weighted by molar-refractivity contribution is 0.444. The summed E-state index contributed by atoms with van der Waals surface area (Å²) in [5.74, 6) is 1.50. The van der Waals surface area contributed by atoms with E-state index in [1.807, 2.05) is 16.9 Å². The predicted octanol–water partition coefficient (Wildman–Crippen LogP) is 1.73. The van der Waals surface area contributed by atoms with Gasteiger partial charge < -0.3 is 9.88 Å². The molecule has 0 aromatic carbocycles. The van der Waals surface area contributed by atoms with Crippen molar-refractivity contribution >= 4 is 28.5 Å². The Kier molecular flexibility index (Phi) is 2.99. The number of halogens is 1. The van der Waals surface area contributed by atoms with Crippen LogP contribution >= 0.6 is 11.6 Å². The summed E-state index contributed by atoms with van der Waals surface area (Å²) in [7, 11) is 0. The van der Waals surface area contributed by atoms with Crippen LogP contribution in [-0.4, -0.2) is 43.0 Å². The standard InChI is InChI=1S/C13H14ClN7/c14-11-5-10-12(18-11)15-8-16-13(10)20-3-1-9(6-20)7-21-4-2-17-19-21/h2,4-5,8-9H,1,3,6-7H2,(H,15,16,18). The zero-order valence-corrected chi connectivity index (χ0v) is 12.0. The minimum absolute atomic E-state index is 0.547. The van der Waals surface area contributed by atoms with Gasteiger partial charge in [-0.05, 0) is 18.4 Å². The van der Waals surface area contributed by atoms with Gasteiger partial charge in [-0.25, -0.2) is 9.97 Å². The number of rotatable bonds is 3. The maximum absolute atomic E-state index is 6.02. The molecule has 1 unspecified atom stereocenters. The molecule has 4 heterocycles. The van der Waals surface area contributed by atoms with E-state index in [1.165, 1.54) is 0 Å². The number of fused-ring (bicyclic) bond motifs is 1. The van der Waals surface area contributed by atoms with E-state index in [-0.39, 0.29) is 0 Å². The number of nitrogens with one attached hydrogen (secondary N) is 1. The first-order chi connectivity index (χ1) is 10.3. The largest absolute Gasteiger partial charge is 0.356 e. The fourth-order valence-electron chi connectivity index (χ4n) is 2.92. The van der Waals surface area contributed by atoms with Crippen LogP contribution in [0, 0.1) is 5.92 Å². The summed E-state index contributed by atoms with van der Waals surface area (Å²) in [6.45, 7) is 2.82. The third-order valence-electron chi connectivity index (χ3n) is 3.87. The summed E-state index contributed by atoms with van der Waals surface area (Å²) in [4.78, 5) is 14.0. The van der Waals surface area contributed by atoms with E-state index in [0.29, 0.717) is 11.1 Å². The lowest BCUT2D eigenvalue weighted by Crippen LogP contribution is -2.22. The average molecular weight is 304 g/mol. The van der Waals surface area contributed by atoms with Crippen LogP contribution in [0.1, 0.15) is 6.42 Å². The molecule has 1 saturated heterocycles. The maximum atomic E-state index is 6.02. The molecule has 3 aromatic heterocycles. The molecule has 0 radical (unpaired) electrons. The minimum atomic E-state index is 0.547. The van der Waals surface area contributed by atoms with Crippen molar-refractivity contribution in [2.45, 2.75) is 13.0 Å². The summed E-state index contributed by atoms with van der Waals surface area (Å²) in [5.41, 5.74) is 0.782. The second-order valence-electron chi connectivity index (χ2n) is 5.30. The molecule has 1 aliphatic rings. The van der Waals surface area contributed by atoms with Crippen LogP contribution in [0.3, 0.4) is 0 Å². The van der Waals surface area contributed by atoms with E-state index in [1.54, 1.807) is 12.5 Å². The molecular weight excluding hydrogens is 290 g/mol. The van der Waals surface area contributed by atoms with Gasteiger partial charge in [-0.15, -0.1) is 5.10 Å². The molecule has 108 valence electrons. The molecule has 8 heteroatoms. The van der Waals surface area contributed by atoms with Gasteiger partial charge in [0.1, 0.15) is 22.9 Å². The van der Waals surface area contributed by atoms with Crippen molar-refractivity contribution in [1.29, 1.82) is 0 Å². The molecule has 0 amide bonds. The Morgan fingerprint density at radius 2 is 2.33 bits per heavy atom. The van der Waals surface area contributed by atoms with Gasteiger partial charge >= 0.3 is 0 Å². The van der Waals surface area contributed by atoms with E-state index in [2.05, 4.69) is 30.2 Å². The van der Waals surface area contributed by atoms with Crippen LogP contribution in [0.25, 0.3) is 11.0 Å². The van der Waals surface area contributed by atoms with Crippen molar-refractivity contribution in [1.82, 2.24) is 29.9 Å². The highest BCUT2D eigenvalue weighted by Gasteiger charge is 2.25. The Labute approximate surface area is 125 Å². The number of anilines is 1. The van der Waals surface area contributed by atoms with Crippen LogP contribution in [0.15, 0.2) is 24.8 Å². The molecule has 3 aromatic rings. The first-order valence-corrected chi connectivity index (χ1v) is 7.25. The van der Waals surface area contributed by atoms with Crippen LogP contribution in [0.5, 0.6) is 0 Å². The predicted molar refractivity (Wildman–Crippen MR) is 79.2 cm³/mol. The van der Waals surface area contributed by atoms with E-state index >= 15 is 0 Å². The van der Waals surface area contributed by atoms with Crippen molar-refractivity contribution in [3.8, 4) is 0 Å². The summed E-state index contributed by atoms with van der Waals surface area (Å²) < 4.78 is 1.89. The first kappa shape index (κ1) is 12.6. The maximum Gasteiger partial charge on any atom is 0.144 e. The van der Waals surface area contributed by atoms with Gasteiger partial charge in [-0.3, -0.25) is 4.68 Å². The minimum Gasteiger partial charge on any atom is -0.356 e. The quantitative estimate of drug-likeness (QED) is 0.797. The van der Waals surface area contributed by atoms with Crippen molar-refractivity contribution in [3.05, 3.63) is 29.9 Å². The molecule has 7 nitrogen and oxygen atoms in total. The Bertz CT molecular complexity index is 751. The van der Waals surface area contributed by atoms with Crippen LogP contribution in [-0.2, 0) is 6.54 Å². The second-order valence-corrected chi connectivity index (χ2v) is 5.71. The Morgan fingerprint density at radius 3 is 3.19 bits per heavy atom. The van der Waals surface area contributed by atoms with E-state index in [0.717, 1.165) is 42.9 Å². The summed E-state index contributed by atoms with van der Waals surface area (Å²) in [6.07, 6.45) is 6.30. The molecule has 0 saturated carbocycles. The van der Waals surface area contributed by atoms with Crippen LogP contribution in [0.4, 0.5) is 5.82 Å². The molecule has 21 heavy (non-hydrogen) atoms. The zero-order valence-electron chi connectivity index (χ0n) is 11.3. The highest BCUT2D eigenvalue weighted by atomic mass is 35.5. The SMILES string of the molecule is Clc1cc2c(N3CCC(Cn4ccnn4)C3)ncnc2[nH]1. The fourth-order valence-corrected chi connectivity index (χ4v) is 3.11. The molecule has 0 bridgehead atoms. The van der Waals surface area contributed by atoms with Gasteiger partial charge in [0.25, 0.3) is 0 Å². The lowest BCUT2D eigenvalue weighted by atomic mass is 10.1. The van der Waals surface area contributed by atoms with Gasteiger partial charge in [0.2, 0.25) is 0 Å². The van der Waals surface area contributed by atoms with Gasteiger partial charge in [0.15, 0.2) is 0 Å². The molecule has 0 spiro atoms. The topological polar surface area (TPSA) is 75.5 Å². The van der Waals surface area contributed by atoms with E-state index in [4.69, 9.17) is 11.6 Å². The van der Waals surface area contributed by atoms with Crippen molar-refractivity contribution in [2.24, 2.45) is 5.92 Å². The van der Waals surface area contributed by atoms with Crippen LogP contribution in [0.2, 0.25) is 5.15 Å². The third kappa shape index (κ3) is 2.33. The molecule has 0 aliphatic carbocycles. The lowest BCUT2D eigenvalue weighted by Gasteiger charge is -2.18. The van der Waals surface area contributed by atoms with E-state index < -0.39 is 0 Å². The number of aromatic amines is 1. The van der Waals surface area contributed by atoms with Crippen molar-refractivity contribution in [2.75, 3.05) is 18.0 Å².